The average Bonchev–Trinajstić information content (AvgIpc) is 2.66. The summed E-state index contributed by atoms with van der Waals surface area (Å²) in [6.45, 7) is 0.440. The molecule has 7 nitrogen and oxygen atoms in total. The summed E-state index contributed by atoms with van der Waals surface area (Å²) in [6.07, 6.45) is 9.40. The number of benzene rings is 1. The van der Waals surface area contributed by atoms with Crippen molar-refractivity contribution in [3.63, 3.8) is 0 Å². The van der Waals surface area contributed by atoms with Crippen LogP contribution in [0.2, 0.25) is 0 Å². The largest absolute Gasteiger partial charge is 0.481 e. The number of non-ortho nitro benzene ring substituents is 1. The van der Waals surface area contributed by atoms with Gasteiger partial charge in [0.05, 0.1) is 10.3 Å². The van der Waals surface area contributed by atoms with E-state index in [9.17, 15) is 14.9 Å². The molecule has 26 heavy (non-hydrogen) atoms. The molecule has 1 aliphatic rings. The van der Waals surface area contributed by atoms with Gasteiger partial charge in [-0.15, -0.1) is 0 Å². The van der Waals surface area contributed by atoms with Crippen molar-refractivity contribution >= 4 is 22.5 Å². The fourth-order valence-electron chi connectivity index (χ4n) is 3.10. The summed E-state index contributed by atoms with van der Waals surface area (Å²) >= 11 is 0. The average molecular weight is 355 g/mol. The van der Waals surface area contributed by atoms with Gasteiger partial charge in [-0.3, -0.25) is 19.9 Å². The molecule has 1 N–H and O–H groups in total. The van der Waals surface area contributed by atoms with Crippen LogP contribution in [0.15, 0.2) is 42.1 Å². The monoisotopic (exact) mass is 355 g/mol. The van der Waals surface area contributed by atoms with Crippen molar-refractivity contribution in [2.75, 3.05) is 13.2 Å². The lowest BCUT2D eigenvalue weighted by Crippen LogP contribution is -2.30. The number of rotatable bonds is 7. The van der Waals surface area contributed by atoms with Crippen molar-refractivity contribution in [1.82, 2.24) is 10.3 Å². The van der Waals surface area contributed by atoms with E-state index in [1.54, 1.807) is 12.1 Å². The van der Waals surface area contributed by atoms with Gasteiger partial charge in [0, 0.05) is 18.8 Å². The molecule has 7 heteroatoms. The number of nitrogens with zero attached hydrogens (tertiary/aromatic N) is 2. The topological polar surface area (TPSA) is 94.4 Å². The standard InChI is InChI=1S/C19H21N3O4/c23-18(20-12-10-14-5-2-1-3-6-14)13-26-17-9-8-16(22(24)25)15-7-4-11-21-19(15)17/h4-5,7-9,11H,1-3,6,10,12-13H2,(H,20,23). The number of pyridine rings is 1. The number of ether oxygens (including phenoxy) is 1. The Morgan fingerprint density at radius 3 is 2.96 bits per heavy atom. The molecule has 1 aliphatic carbocycles. The van der Waals surface area contributed by atoms with Crippen LogP contribution in [0.3, 0.4) is 0 Å². The molecule has 0 saturated carbocycles. The second kappa shape index (κ2) is 8.42. The fraction of sp³-hybridized carbons (Fsp3) is 0.368. The number of aromatic nitrogens is 1. The van der Waals surface area contributed by atoms with Gasteiger partial charge in [-0.25, -0.2) is 0 Å². The van der Waals surface area contributed by atoms with Crippen molar-refractivity contribution in [3.8, 4) is 5.75 Å². The molecule has 0 saturated heterocycles. The molecule has 0 spiro atoms. The first-order chi connectivity index (χ1) is 12.6. The van der Waals surface area contributed by atoms with Gasteiger partial charge in [-0.2, -0.15) is 0 Å². The third-order valence-corrected chi connectivity index (χ3v) is 4.42. The molecular weight excluding hydrogens is 334 g/mol. The highest BCUT2D eigenvalue weighted by Crippen LogP contribution is 2.31. The van der Waals surface area contributed by atoms with Crippen molar-refractivity contribution in [2.45, 2.75) is 32.1 Å². The number of nitro benzene ring substituents is 1. The van der Waals surface area contributed by atoms with Crippen molar-refractivity contribution in [1.29, 1.82) is 0 Å². The van der Waals surface area contributed by atoms with Gasteiger partial charge < -0.3 is 10.1 Å². The van der Waals surface area contributed by atoms with Gasteiger partial charge in [0.25, 0.3) is 11.6 Å². The lowest BCUT2D eigenvalue weighted by Gasteiger charge is -2.13. The van der Waals surface area contributed by atoms with E-state index in [1.165, 1.54) is 36.7 Å². The summed E-state index contributed by atoms with van der Waals surface area (Å²) in [5, 5.41) is 14.3. The van der Waals surface area contributed by atoms with Crippen LogP contribution in [0.1, 0.15) is 32.1 Å². The Morgan fingerprint density at radius 2 is 2.19 bits per heavy atom. The fourth-order valence-corrected chi connectivity index (χ4v) is 3.10. The van der Waals surface area contributed by atoms with Crippen LogP contribution < -0.4 is 10.1 Å². The second-order valence-electron chi connectivity index (χ2n) is 6.24. The van der Waals surface area contributed by atoms with Gasteiger partial charge in [0.2, 0.25) is 0 Å². The Morgan fingerprint density at radius 1 is 1.31 bits per heavy atom. The number of nitro groups is 1. The molecule has 3 rings (SSSR count). The van der Waals surface area contributed by atoms with Gasteiger partial charge in [-0.05, 0) is 50.3 Å². The Kier molecular flexibility index (Phi) is 5.78. The predicted octanol–water partition coefficient (Wildman–Crippen LogP) is 3.53. The van der Waals surface area contributed by atoms with E-state index in [0.717, 1.165) is 19.3 Å². The summed E-state index contributed by atoms with van der Waals surface area (Å²) in [6, 6.07) is 6.09. The normalized spacial score (nSPS) is 13.9. The maximum absolute atomic E-state index is 12.0. The molecule has 0 aliphatic heterocycles. The van der Waals surface area contributed by atoms with E-state index in [-0.39, 0.29) is 18.2 Å². The van der Waals surface area contributed by atoms with Crippen LogP contribution in [0.25, 0.3) is 10.9 Å². The summed E-state index contributed by atoms with van der Waals surface area (Å²) < 4.78 is 5.55. The smallest absolute Gasteiger partial charge is 0.279 e. The molecule has 2 aromatic rings. The minimum absolute atomic E-state index is 0.0364. The van der Waals surface area contributed by atoms with Crippen LogP contribution in [-0.4, -0.2) is 29.0 Å². The lowest BCUT2D eigenvalue weighted by atomic mass is 9.97. The number of hydrogen-bond acceptors (Lipinski definition) is 5. The maximum Gasteiger partial charge on any atom is 0.279 e. The number of allylic oxidation sites excluding steroid dienone is 1. The maximum atomic E-state index is 12.0. The Labute approximate surface area is 151 Å². The number of amides is 1. The zero-order valence-corrected chi connectivity index (χ0v) is 14.4. The Balaban J connectivity index is 1.57. The molecule has 1 aromatic heterocycles. The minimum Gasteiger partial charge on any atom is -0.481 e. The molecule has 1 aromatic carbocycles. The summed E-state index contributed by atoms with van der Waals surface area (Å²) in [4.78, 5) is 26.8. The molecule has 0 bridgehead atoms. The Hall–Kier alpha value is -2.96. The first kappa shape index (κ1) is 17.8. The highest BCUT2D eigenvalue weighted by molar-refractivity contribution is 5.92. The van der Waals surface area contributed by atoms with E-state index < -0.39 is 4.92 Å². The first-order valence-electron chi connectivity index (χ1n) is 8.74. The SMILES string of the molecule is O=C(COc1ccc([N+](=O)[O-])c2cccnc12)NCCC1=CCCCC1. The zero-order valence-electron chi connectivity index (χ0n) is 14.4. The third kappa shape index (κ3) is 4.36. The number of carbonyl (C=O) groups is 1. The molecule has 0 fully saturated rings. The molecular formula is C19H21N3O4. The van der Waals surface area contributed by atoms with Gasteiger partial charge in [-0.1, -0.05) is 11.6 Å². The van der Waals surface area contributed by atoms with Crippen LogP contribution in [0, 0.1) is 10.1 Å². The number of hydrogen-bond donors (Lipinski definition) is 1. The first-order valence-corrected chi connectivity index (χ1v) is 8.74. The van der Waals surface area contributed by atoms with Crippen molar-refractivity contribution < 1.29 is 14.5 Å². The zero-order chi connectivity index (χ0) is 18.4. The van der Waals surface area contributed by atoms with Crippen molar-refractivity contribution in [2.24, 2.45) is 0 Å². The summed E-state index contributed by atoms with van der Waals surface area (Å²) in [5.41, 5.74) is 1.75. The molecule has 0 atom stereocenters. The molecule has 1 heterocycles. The molecule has 1 amide bonds. The Bertz CT molecular complexity index is 848. The highest BCUT2D eigenvalue weighted by atomic mass is 16.6. The second-order valence-corrected chi connectivity index (χ2v) is 6.24. The number of nitrogens with one attached hydrogen (secondary N) is 1. The highest BCUT2D eigenvalue weighted by Gasteiger charge is 2.16. The predicted molar refractivity (Wildman–Crippen MR) is 98.1 cm³/mol. The summed E-state index contributed by atoms with van der Waals surface area (Å²) in [5.74, 6) is 0.139. The van der Waals surface area contributed by atoms with Crippen LogP contribution in [0.4, 0.5) is 5.69 Å². The third-order valence-electron chi connectivity index (χ3n) is 4.42. The quantitative estimate of drug-likeness (QED) is 0.466. The van der Waals surface area contributed by atoms with E-state index in [0.29, 0.717) is 23.2 Å². The van der Waals surface area contributed by atoms with Gasteiger partial charge >= 0.3 is 0 Å². The van der Waals surface area contributed by atoms with E-state index in [2.05, 4.69) is 16.4 Å². The molecule has 0 radical (unpaired) electrons. The minimum atomic E-state index is -0.458. The number of carbonyl (C=O) groups excluding carboxylic acids is 1. The van der Waals surface area contributed by atoms with Crippen molar-refractivity contribution in [3.05, 3.63) is 52.2 Å². The summed E-state index contributed by atoms with van der Waals surface area (Å²) in [7, 11) is 0. The van der Waals surface area contributed by atoms with E-state index in [4.69, 9.17) is 4.74 Å². The molecule has 136 valence electrons. The van der Waals surface area contributed by atoms with Crippen LogP contribution in [-0.2, 0) is 4.79 Å². The van der Waals surface area contributed by atoms with Crippen LogP contribution in [0.5, 0.6) is 5.75 Å². The number of fused-ring (bicyclic) bond motifs is 1. The van der Waals surface area contributed by atoms with Crippen LogP contribution >= 0.6 is 0 Å². The van der Waals surface area contributed by atoms with Gasteiger partial charge in [0.1, 0.15) is 11.3 Å². The van der Waals surface area contributed by atoms with E-state index >= 15 is 0 Å². The lowest BCUT2D eigenvalue weighted by molar-refractivity contribution is -0.383. The molecule has 0 unspecified atom stereocenters. The van der Waals surface area contributed by atoms with E-state index in [1.807, 2.05) is 0 Å². The van der Waals surface area contributed by atoms with Gasteiger partial charge in [0.15, 0.2) is 6.61 Å².